The van der Waals surface area contributed by atoms with Crippen LogP contribution in [-0.2, 0) is 6.42 Å². The molecule has 0 saturated heterocycles. The number of unbranched alkanes of at least 4 members (excludes halogenated alkanes) is 1. The monoisotopic (exact) mass is 207 g/mol. The number of anilines is 1. The fourth-order valence-electron chi connectivity index (χ4n) is 1.53. The molecule has 0 aromatic heterocycles. The Balaban J connectivity index is 2.42. The Morgan fingerprint density at radius 3 is 2.87 bits per heavy atom. The molecule has 15 heavy (non-hydrogen) atoms. The van der Waals surface area contributed by atoms with Crippen LogP contribution in [0.2, 0.25) is 0 Å². The van der Waals surface area contributed by atoms with Gasteiger partial charge in [0.05, 0.1) is 0 Å². The Kier molecular flexibility index (Phi) is 5.86. The first-order chi connectivity index (χ1) is 7.36. The Bertz CT molecular complexity index is 273. The average molecular weight is 207 g/mol. The van der Waals surface area contributed by atoms with Crippen molar-refractivity contribution in [3.63, 3.8) is 0 Å². The largest absolute Gasteiger partial charge is 0.396 e. The van der Waals surface area contributed by atoms with Gasteiger partial charge in [-0.1, -0.05) is 25.5 Å². The lowest BCUT2D eigenvalue weighted by molar-refractivity contribution is 0.288. The van der Waals surface area contributed by atoms with Gasteiger partial charge in [-0.2, -0.15) is 0 Å². The van der Waals surface area contributed by atoms with E-state index in [-0.39, 0.29) is 6.61 Å². The van der Waals surface area contributed by atoms with E-state index in [1.54, 1.807) is 0 Å². The van der Waals surface area contributed by atoms with Crippen molar-refractivity contribution in [1.82, 2.24) is 0 Å². The van der Waals surface area contributed by atoms with Crippen LogP contribution in [0, 0.1) is 0 Å². The van der Waals surface area contributed by atoms with Crippen molar-refractivity contribution < 1.29 is 5.11 Å². The molecule has 0 spiro atoms. The Morgan fingerprint density at radius 1 is 1.27 bits per heavy atom. The number of aliphatic hydroxyl groups excluding tert-OH is 1. The number of nitrogens with one attached hydrogen (secondary N) is 1. The molecular weight excluding hydrogens is 186 g/mol. The highest BCUT2D eigenvalue weighted by molar-refractivity contribution is 5.45. The van der Waals surface area contributed by atoms with Gasteiger partial charge in [0.15, 0.2) is 0 Å². The van der Waals surface area contributed by atoms with Gasteiger partial charge in [0.2, 0.25) is 0 Å². The molecule has 2 nitrogen and oxygen atoms in total. The number of benzene rings is 1. The molecule has 1 aromatic carbocycles. The van der Waals surface area contributed by atoms with E-state index in [1.165, 1.54) is 24.1 Å². The molecule has 0 atom stereocenters. The van der Waals surface area contributed by atoms with Gasteiger partial charge < -0.3 is 10.4 Å². The maximum absolute atomic E-state index is 8.75. The summed E-state index contributed by atoms with van der Waals surface area (Å²) < 4.78 is 0. The van der Waals surface area contributed by atoms with Gasteiger partial charge in [-0.25, -0.2) is 0 Å². The summed E-state index contributed by atoms with van der Waals surface area (Å²) in [6, 6.07) is 8.45. The van der Waals surface area contributed by atoms with E-state index < -0.39 is 0 Å². The standard InChI is InChI=1S/C13H21NO/c1-2-3-9-14-13-8-4-6-12(11-13)7-5-10-15/h4,6,8,11,14-15H,2-3,5,7,9-10H2,1H3. The van der Waals surface area contributed by atoms with Crippen LogP contribution in [0.3, 0.4) is 0 Å². The highest BCUT2D eigenvalue weighted by Gasteiger charge is 1.95. The third kappa shape index (κ3) is 4.84. The Morgan fingerprint density at radius 2 is 2.13 bits per heavy atom. The van der Waals surface area contributed by atoms with Crippen LogP contribution in [-0.4, -0.2) is 18.3 Å². The van der Waals surface area contributed by atoms with Gasteiger partial charge in [-0.15, -0.1) is 0 Å². The molecule has 0 unspecified atom stereocenters. The summed E-state index contributed by atoms with van der Waals surface area (Å²) in [6.07, 6.45) is 4.23. The first-order valence-corrected chi connectivity index (χ1v) is 5.80. The van der Waals surface area contributed by atoms with Gasteiger partial charge in [0, 0.05) is 18.8 Å². The van der Waals surface area contributed by atoms with Gasteiger partial charge in [-0.3, -0.25) is 0 Å². The van der Waals surface area contributed by atoms with Crippen LogP contribution >= 0.6 is 0 Å². The van der Waals surface area contributed by atoms with E-state index in [9.17, 15) is 0 Å². The molecule has 84 valence electrons. The molecular formula is C13H21NO. The Hall–Kier alpha value is -1.02. The zero-order valence-electron chi connectivity index (χ0n) is 9.50. The molecule has 2 heteroatoms. The molecule has 0 saturated carbocycles. The number of rotatable bonds is 7. The summed E-state index contributed by atoms with van der Waals surface area (Å²) in [5, 5.41) is 12.2. The van der Waals surface area contributed by atoms with E-state index in [0.717, 1.165) is 19.4 Å². The lowest BCUT2D eigenvalue weighted by Crippen LogP contribution is -2.01. The van der Waals surface area contributed by atoms with E-state index >= 15 is 0 Å². The summed E-state index contributed by atoms with van der Waals surface area (Å²) in [5.41, 5.74) is 2.49. The maximum Gasteiger partial charge on any atom is 0.0434 e. The summed E-state index contributed by atoms with van der Waals surface area (Å²) in [7, 11) is 0. The molecule has 0 aliphatic rings. The molecule has 0 fully saturated rings. The van der Waals surface area contributed by atoms with Crippen molar-refractivity contribution in [2.45, 2.75) is 32.6 Å². The minimum Gasteiger partial charge on any atom is -0.396 e. The first kappa shape index (κ1) is 12.1. The lowest BCUT2D eigenvalue weighted by atomic mass is 10.1. The molecule has 0 amide bonds. The lowest BCUT2D eigenvalue weighted by Gasteiger charge is -2.07. The van der Waals surface area contributed by atoms with E-state index in [2.05, 4.69) is 36.5 Å². The quantitative estimate of drug-likeness (QED) is 0.674. The van der Waals surface area contributed by atoms with Crippen molar-refractivity contribution in [1.29, 1.82) is 0 Å². The van der Waals surface area contributed by atoms with Crippen LogP contribution in [0.1, 0.15) is 31.7 Å². The third-order valence-corrected chi connectivity index (χ3v) is 2.41. The van der Waals surface area contributed by atoms with Gasteiger partial charge in [0.25, 0.3) is 0 Å². The molecule has 0 aliphatic carbocycles. The smallest absolute Gasteiger partial charge is 0.0434 e. The predicted octanol–water partition coefficient (Wildman–Crippen LogP) is 2.82. The second-order valence-corrected chi connectivity index (χ2v) is 3.81. The molecule has 0 radical (unpaired) electrons. The highest BCUT2D eigenvalue weighted by atomic mass is 16.2. The second kappa shape index (κ2) is 7.30. The molecule has 1 rings (SSSR count). The molecule has 0 aliphatic heterocycles. The van der Waals surface area contributed by atoms with Crippen molar-refractivity contribution in [2.75, 3.05) is 18.5 Å². The van der Waals surface area contributed by atoms with Crippen LogP contribution in [0.4, 0.5) is 5.69 Å². The molecule has 2 N–H and O–H groups in total. The van der Waals surface area contributed by atoms with Crippen molar-refractivity contribution in [3.05, 3.63) is 29.8 Å². The minimum atomic E-state index is 0.271. The maximum atomic E-state index is 8.75. The summed E-state index contributed by atoms with van der Waals surface area (Å²) in [6.45, 7) is 3.51. The summed E-state index contributed by atoms with van der Waals surface area (Å²) in [4.78, 5) is 0. The molecule has 0 heterocycles. The number of aliphatic hydroxyl groups is 1. The van der Waals surface area contributed by atoms with Crippen molar-refractivity contribution in [3.8, 4) is 0 Å². The number of hydrogen-bond acceptors (Lipinski definition) is 2. The fraction of sp³-hybridized carbons (Fsp3) is 0.538. The SMILES string of the molecule is CCCCNc1cccc(CCCO)c1. The minimum absolute atomic E-state index is 0.271. The predicted molar refractivity (Wildman–Crippen MR) is 65.2 cm³/mol. The van der Waals surface area contributed by atoms with Crippen LogP contribution in [0.25, 0.3) is 0 Å². The van der Waals surface area contributed by atoms with Crippen molar-refractivity contribution in [2.24, 2.45) is 0 Å². The average Bonchev–Trinajstić information content (AvgIpc) is 2.27. The highest BCUT2D eigenvalue weighted by Crippen LogP contribution is 2.12. The zero-order chi connectivity index (χ0) is 10.9. The van der Waals surface area contributed by atoms with Crippen LogP contribution in [0.15, 0.2) is 24.3 Å². The first-order valence-electron chi connectivity index (χ1n) is 5.80. The fourth-order valence-corrected chi connectivity index (χ4v) is 1.53. The summed E-state index contributed by atoms with van der Waals surface area (Å²) >= 11 is 0. The van der Waals surface area contributed by atoms with Gasteiger partial charge in [0.1, 0.15) is 0 Å². The summed E-state index contributed by atoms with van der Waals surface area (Å²) in [5.74, 6) is 0. The van der Waals surface area contributed by atoms with Crippen molar-refractivity contribution >= 4 is 5.69 Å². The van der Waals surface area contributed by atoms with Gasteiger partial charge >= 0.3 is 0 Å². The molecule has 0 bridgehead atoms. The van der Waals surface area contributed by atoms with E-state index in [4.69, 9.17) is 5.11 Å². The Labute approximate surface area is 92.3 Å². The normalized spacial score (nSPS) is 10.3. The third-order valence-electron chi connectivity index (χ3n) is 2.41. The zero-order valence-corrected chi connectivity index (χ0v) is 9.50. The molecule has 1 aromatic rings. The second-order valence-electron chi connectivity index (χ2n) is 3.81. The van der Waals surface area contributed by atoms with Crippen LogP contribution in [0.5, 0.6) is 0 Å². The van der Waals surface area contributed by atoms with Gasteiger partial charge in [-0.05, 0) is 37.0 Å². The van der Waals surface area contributed by atoms with Crippen LogP contribution < -0.4 is 5.32 Å². The van der Waals surface area contributed by atoms with E-state index in [1.807, 2.05) is 0 Å². The van der Waals surface area contributed by atoms with E-state index in [0.29, 0.717) is 0 Å². The topological polar surface area (TPSA) is 32.3 Å². The number of hydrogen-bond donors (Lipinski definition) is 2. The number of aryl methyl sites for hydroxylation is 1.